The normalized spacial score (nSPS) is 12.4. The molecule has 0 saturated carbocycles. The van der Waals surface area contributed by atoms with Crippen molar-refractivity contribution >= 4 is 0 Å². The lowest BCUT2D eigenvalue weighted by Crippen LogP contribution is -2.25. The first-order chi connectivity index (χ1) is 9.22. The van der Waals surface area contributed by atoms with Gasteiger partial charge >= 0.3 is 0 Å². The summed E-state index contributed by atoms with van der Waals surface area (Å²) in [5.41, 5.74) is 2.83. The van der Waals surface area contributed by atoms with Gasteiger partial charge in [-0.25, -0.2) is 14.4 Å². The topological polar surface area (TPSA) is 37.8 Å². The molecule has 0 spiro atoms. The molecule has 1 atom stereocenters. The lowest BCUT2D eigenvalue weighted by Gasteiger charge is -2.20. The summed E-state index contributed by atoms with van der Waals surface area (Å²) in [6.45, 7) is 4.93. The molecule has 1 unspecified atom stereocenters. The van der Waals surface area contributed by atoms with Gasteiger partial charge in [0, 0.05) is 6.20 Å². The molecule has 1 heterocycles. The molecular weight excluding hydrogens is 241 g/mol. The molecule has 2 rings (SSSR count). The highest BCUT2D eigenvalue weighted by Crippen LogP contribution is 2.24. The Morgan fingerprint density at radius 2 is 2.16 bits per heavy atom. The van der Waals surface area contributed by atoms with Gasteiger partial charge in [0.05, 0.1) is 11.7 Å². The van der Waals surface area contributed by atoms with Gasteiger partial charge in [-0.15, -0.1) is 0 Å². The maximum absolute atomic E-state index is 13.5. The minimum atomic E-state index is -0.224. The van der Waals surface area contributed by atoms with E-state index in [0.29, 0.717) is 0 Å². The lowest BCUT2D eigenvalue weighted by molar-refractivity contribution is 0.572. The first-order valence-corrected chi connectivity index (χ1v) is 6.47. The molecule has 2 aromatic rings. The second-order valence-electron chi connectivity index (χ2n) is 4.52. The molecule has 1 aromatic carbocycles. The smallest absolute Gasteiger partial charge is 0.123 e. The number of halogens is 1. The van der Waals surface area contributed by atoms with Gasteiger partial charge in [-0.3, -0.25) is 0 Å². The van der Waals surface area contributed by atoms with E-state index in [0.717, 1.165) is 29.8 Å². The summed E-state index contributed by atoms with van der Waals surface area (Å²) in [4.78, 5) is 8.21. The number of nitrogens with one attached hydrogen (secondary N) is 1. The largest absolute Gasteiger partial charge is 0.305 e. The van der Waals surface area contributed by atoms with Crippen LogP contribution >= 0.6 is 0 Å². The monoisotopic (exact) mass is 259 g/mol. The van der Waals surface area contributed by atoms with E-state index in [1.165, 1.54) is 12.4 Å². The van der Waals surface area contributed by atoms with Crippen LogP contribution in [0.1, 0.15) is 36.2 Å². The van der Waals surface area contributed by atoms with E-state index in [2.05, 4.69) is 22.2 Å². The Morgan fingerprint density at radius 1 is 1.32 bits per heavy atom. The third-order valence-corrected chi connectivity index (χ3v) is 3.05. The summed E-state index contributed by atoms with van der Waals surface area (Å²) in [6.07, 6.45) is 4.23. The van der Waals surface area contributed by atoms with E-state index >= 15 is 0 Å². The van der Waals surface area contributed by atoms with Crippen molar-refractivity contribution in [2.24, 2.45) is 0 Å². The number of aromatic nitrogens is 2. The zero-order valence-electron chi connectivity index (χ0n) is 11.2. The van der Waals surface area contributed by atoms with E-state index in [4.69, 9.17) is 0 Å². The Labute approximate surface area is 112 Å². The minimum absolute atomic E-state index is 0.0985. The van der Waals surface area contributed by atoms with Crippen LogP contribution < -0.4 is 5.32 Å². The van der Waals surface area contributed by atoms with Crippen LogP contribution in [0.25, 0.3) is 0 Å². The second kappa shape index (κ2) is 6.38. The molecule has 0 fully saturated rings. The zero-order valence-corrected chi connectivity index (χ0v) is 11.2. The molecule has 100 valence electrons. The molecule has 1 N–H and O–H groups in total. The Bertz CT molecular complexity index is 528. The van der Waals surface area contributed by atoms with Crippen molar-refractivity contribution in [3.05, 3.63) is 59.4 Å². The SMILES string of the molecule is CCCNC(c1ccncn1)c1cc(F)ccc1C. The van der Waals surface area contributed by atoms with Gasteiger partial charge in [0.1, 0.15) is 12.1 Å². The maximum Gasteiger partial charge on any atom is 0.123 e. The highest BCUT2D eigenvalue weighted by atomic mass is 19.1. The molecule has 0 saturated heterocycles. The van der Waals surface area contributed by atoms with Crippen molar-refractivity contribution in [1.82, 2.24) is 15.3 Å². The first kappa shape index (κ1) is 13.6. The molecular formula is C15H18FN3. The van der Waals surface area contributed by atoms with Crippen molar-refractivity contribution < 1.29 is 4.39 Å². The number of rotatable bonds is 5. The van der Waals surface area contributed by atoms with E-state index in [1.807, 2.05) is 13.0 Å². The predicted octanol–water partition coefficient (Wildman–Crippen LogP) is 3.01. The third kappa shape index (κ3) is 3.35. The van der Waals surface area contributed by atoms with E-state index in [9.17, 15) is 4.39 Å². The molecule has 3 nitrogen and oxygen atoms in total. The maximum atomic E-state index is 13.5. The van der Waals surface area contributed by atoms with Crippen LogP contribution in [-0.4, -0.2) is 16.5 Å². The minimum Gasteiger partial charge on any atom is -0.305 e. The second-order valence-corrected chi connectivity index (χ2v) is 4.52. The van der Waals surface area contributed by atoms with Gasteiger partial charge in [0.25, 0.3) is 0 Å². The van der Waals surface area contributed by atoms with E-state index < -0.39 is 0 Å². The fraction of sp³-hybridized carbons (Fsp3) is 0.333. The Balaban J connectivity index is 2.40. The van der Waals surface area contributed by atoms with Gasteiger partial charge in [0.2, 0.25) is 0 Å². The quantitative estimate of drug-likeness (QED) is 0.897. The van der Waals surface area contributed by atoms with Crippen molar-refractivity contribution in [1.29, 1.82) is 0 Å². The van der Waals surface area contributed by atoms with Crippen molar-refractivity contribution in [3.8, 4) is 0 Å². The zero-order chi connectivity index (χ0) is 13.7. The molecule has 0 aliphatic heterocycles. The van der Waals surface area contributed by atoms with Crippen LogP contribution in [0.2, 0.25) is 0 Å². The summed E-state index contributed by atoms with van der Waals surface area (Å²) >= 11 is 0. The average Bonchev–Trinajstić information content (AvgIpc) is 2.44. The lowest BCUT2D eigenvalue weighted by atomic mass is 9.98. The van der Waals surface area contributed by atoms with Gasteiger partial charge in [-0.1, -0.05) is 13.0 Å². The Hall–Kier alpha value is -1.81. The molecule has 0 amide bonds. The van der Waals surface area contributed by atoms with Crippen LogP contribution in [0.5, 0.6) is 0 Å². The van der Waals surface area contributed by atoms with E-state index in [-0.39, 0.29) is 11.9 Å². The van der Waals surface area contributed by atoms with Crippen LogP contribution in [0, 0.1) is 12.7 Å². The van der Waals surface area contributed by atoms with E-state index in [1.54, 1.807) is 18.3 Å². The molecule has 4 heteroatoms. The Morgan fingerprint density at radius 3 is 2.84 bits per heavy atom. The van der Waals surface area contributed by atoms with Crippen LogP contribution in [0.3, 0.4) is 0 Å². The fourth-order valence-electron chi connectivity index (χ4n) is 2.06. The number of hydrogen-bond donors (Lipinski definition) is 1. The molecule has 19 heavy (non-hydrogen) atoms. The first-order valence-electron chi connectivity index (χ1n) is 6.47. The summed E-state index contributed by atoms with van der Waals surface area (Å²) in [5.74, 6) is -0.224. The van der Waals surface area contributed by atoms with Crippen LogP contribution in [0.15, 0.2) is 36.8 Å². The molecule has 0 aliphatic carbocycles. The number of benzene rings is 1. The highest BCUT2D eigenvalue weighted by molar-refractivity contribution is 5.34. The third-order valence-electron chi connectivity index (χ3n) is 3.05. The molecule has 0 aliphatic rings. The van der Waals surface area contributed by atoms with Crippen LogP contribution in [-0.2, 0) is 0 Å². The van der Waals surface area contributed by atoms with Gasteiger partial charge < -0.3 is 5.32 Å². The number of nitrogens with zero attached hydrogens (tertiary/aromatic N) is 2. The molecule has 0 bridgehead atoms. The summed E-state index contributed by atoms with van der Waals surface area (Å²) in [5, 5.41) is 3.41. The van der Waals surface area contributed by atoms with Gasteiger partial charge in [-0.05, 0) is 49.2 Å². The van der Waals surface area contributed by atoms with Crippen molar-refractivity contribution in [2.75, 3.05) is 6.54 Å². The standard InChI is InChI=1S/C15H18FN3/c1-3-7-18-15(14-6-8-17-10-19-14)13-9-12(16)5-4-11(13)2/h4-6,8-10,15,18H,3,7H2,1-2H3. The Kier molecular flexibility index (Phi) is 4.58. The summed E-state index contributed by atoms with van der Waals surface area (Å²) < 4.78 is 13.5. The average molecular weight is 259 g/mol. The summed E-state index contributed by atoms with van der Waals surface area (Å²) in [7, 11) is 0. The fourth-order valence-corrected chi connectivity index (χ4v) is 2.06. The number of hydrogen-bond acceptors (Lipinski definition) is 3. The highest BCUT2D eigenvalue weighted by Gasteiger charge is 2.17. The van der Waals surface area contributed by atoms with Crippen molar-refractivity contribution in [3.63, 3.8) is 0 Å². The molecule has 1 aromatic heterocycles. The van der Waals surface area contributed by atoms with Gasteiger partial charge in [-0.2, -0.15) is 0 Å². The van der Waals surface area contributed by atoms with Crippen LogP contribution in [0.4, 0.5) is 4.39 Å². The van der Waals surface area contributed by atoms with Crippen molar-refractivity contribution in [2.45, 2.75) is 26.3 Å². The molecule has 0 radical (unpaired) electrons. The predicted molar refractivity (Wildman–Crippen MR) is 73.3 cm³/mol. The van der Waals surface area contributed by atoms with Gasteiger partial charge in [0.15, 0.2) is 0 Å². The number of aryl methyl sites for hydroxylation is 1. The summed E-state index contributed by atoms with van der Waals surface area (Å²) in [6, 6.07) is 6.61.